The zero-order chi connectivity index (χ0) is 26.6. The van der Waals surface area contributed by atoms with Crippen LogP contribution in [0.4, 0.5) is 0 Å². The van der Waals surface area contributed by atoms with Crippen LogP contribution in [0.1, 0.15) is 29.5 Å². The fourth-order valence-electron chi connectivity index (χ4n) is 4.49. The van der Waals surface area contributed by atoms with Crippen LogP contribution in [0.25, 0.3) is 11.1 Å². The highest BCUT2D eigenvalue weighted by atomic mass is 32.2. The molecule has 0 radical (unpaired) electrons. The number of benzene rings is 3. The lowest BCUT2D eigenvalue weighted by Gasteiger charge is -2.31. The predicted octanol–water partition coefficient (Wildman–Crippen LogP) is 3.20. The standard InChI is InChI=1S/C28H27N3O5S/c1-19-8-14-23(15-9-19)37(35,36)28(27(33)34,31-26(32)25-7-4-16-30-25)17-20-10-12-21(13-11-20)24-6-3-2-5-22(24)18-29/h2-3,5-6,8-15,25,30H,4,7,16-17H2,1H3,(H,31,32)(H,33,34)/t25-,28+/m0/s1. The van der Waals surface area contributed by atoms with Crippen LogP contribution in [0.15, 0.2) is 77.7 Å². The summed E-state index contributed by atoms with van der Waals surface area (Å²) in [6.45, 7) is 2.38. The van der Waals surface area contributed by atoms with Crippen LogP contribution < -0.4 is 10.6 Å². The van der Waals surface area contributed by atoms with Crippen molar-refractivity contribution in [3.8, 4) is 17.2 Å². The Balaban J connectivity index is 1.77. The van der Waals surface area contributed by atoms with Crippen molar-refractivity contribution in [2.75, 3.05) is 6.54 Å². The Bertz CT molecular complexity index is 1450. The summed E-state index contributed by atoms with van der Waals surface area (Å²) in [5.74, 6) is -2.34. The third-order valence-corrected chi connectivity index (χ3v) is 8.83. The van der Waals surface area contributed by atoms with Gasteiger partial charge in [-0.3, -0.25) is 4.79 Å². The van der Waals surface area contributed by atoms with Gasteiger partial charge < -0.3 is 15.7 Å². The molecule has 37 heavy (non-hydrogen) atoms. The van der Waals surface area contributed by atoms with Crippen molar-refractivity contribution < 1.29 is 23.1 Å². The molecule has 1 heterocycles. The summed E-state index contributed by atoms with van der Waals surface area (Å²) >= 11 is 0. The van der Waals surface area contributed by atoms with Crippen LogP contribution in [-0.2, 0) is 25.8 Å². The molecule has 0 saturated carbocycles. The number of aryl methyl sites for hydroxylation is 1. The van der Waals surface area contributed by atoms with Crippen molar-refractivity contribution in [2.45, 2.75) is 42.0 Å². The van der Waals surface area contributed by atoms with Crippen LogP contribution in [0, 0.1) is 18.3 Å². The zero-order valence-corrected chi connectivity index (χ0v) is 21.1. The minimum Gasteiger partial charge on any atom is -0.479 e. The molecule has 1 aliphatic rings. The molecule has 0 aromatic heterocycles. The Morgan fingerprint density at radius 2 is 1.76 bits per heavy atom. The number of rotatable bonds is 8. The van der Waals surface area contributed by atoms with Crippen LogP contribution in [0.5, 0.6) is 0 Å². The predicted molar refractivity (Wildman–Crippen MR) is 138 cm³/mol. The summed E-state index contributed by atoms with van der Waals surface area (Å²) in [5.41, 5.74) is 3.12. The molecule has 0 bridgehead atoms. The van der Waals surface area contributed by atoms with Crippen molar-refractivity contribution in [3.63, 3.8) is 0 Å². The van der Waals surface area contributed by atoms with Gasteiger partial charge in [-0.2, -0.15) is 5.26 Å². The first-order valence-corrected chi connectivity index (χ1v) is 13.3. The Kier molecular flexibility index (Phi) is 7.43. The molecule has 1 saturated heterocycles. The van der Waals surface area contributed by atoms with E-state index in [1.54, 1.807) is 67.6 Å². The third kappa shape index (κ3) is 5.12. The van der Waals surface area contributed by atoms with E-state index in [4.69, 9.17) is 0 Å². The molecule has 8 nitrogen and oxygen atoms in total. The van der Waals surface area contributed by atoms with E-state index in [1.165, 1.54) is 12.1 Å². The number of amides is 1. The van der Waals surface area contributed by atoms with Gasteiger partial charge in [0.1, 0.15) is 0 Å². The molecule has 3 aromatic carbocycles. The van der Waals surface area contributed by atoms with Crippen molar-refractivity contribution in [2.24, 2.45) is 0 Å². The smallest absolute Gasteiger partial charge is 0.346 e. The van der Waals surface area contributed by atoms with Crippen molar-refractivity contribution in [1.29, 1.82) is 5.26 Å². The number of carboxylic acid groups (broad SMARTS) is 1. The molecule has 0 unspecified atom stereocenters. The molecule has 9 heteroatoms. The van der Waals surface area contributed by atoms with Crippen molar-refractivity contribution >= 4 is 21.7 Å². The molecular formula is C28H27N3O5S. The second-order valence-electron chi connectivity index (χ2n) is 9.12. The zero-order valence-electron chi connectivity index (χ0n) is 20.3. The van der Waals surface area contributed by atoms with E-state index in [-0.39, 0.29) is 4.90 Å². The Morgan fingerprint density at radius 3 is 2.35 bits per heavy atom. The summed E-state index contributed by atoms with van der Waals surface area (Å²) < 4.78 is 27.8. The number of carboxylic acids is 1. The number of hydrogen-bond donors (Lipinski definition) is 3. The minimum absolute atomic E-state index is 0.195. The number of nitrogens with zero attached hydrogens (tertiary/aromatic N) is 1. The van der Waals surface area contributed by atoms with Crippen LogP contribution in [-0.4, -0.2) is 42.9 Å². The average molecular weight is 518 g/mol. The van der Waals surface area contributed by atoms with Gasteiger partial charge in [0.05, 0.1) is 22.6 Å². The van der Waals surface area contributed by atoms with E-state index in [0.29, 0.717) is 29.7 Å². The van der Waals surface area contributed by atoms with Gasteiger partial charge in [0.2, 0.25) is 20.6 Å². The average Bonchev–Trinajstić information content (AvgIpc) is 3.44. The summed E-state index contributed by atoms with van der Waals surface area (Å²) in [7, 11) is -4.58. The summed E-state index contributed by atoms with van der Waals surface area (Å²) in [4.78, 5) is 23.0. The lowest BCUT2D eigenvalue weighted by Crippen LogP contribution is -2.63. The van der Waals surface area contributed by atoms with Crippen LogP contribution >= 0.6 is 0 Å². The molecule has 190 valence electrons. The normalized spacial score (nSPS) is 16.9. The fourth-order valence-corrected chi connectivity index (χ4v) is 6.20. The molecule has 2 atom stereocenters. The first-order chi connectivity index (χ1) is 17.7. The maximum Gasteiger partial charge on any atom is 0.346 e. The largest absolute Gasteiger partial charge is 0.479 e. The second-order valence-corrected chi connectivity index (χ2v) is 11.3. The SMILES string of the molecule is Cc1ccc(S(=O)(=O)[C@@](Cc2ccc(-c3ccccc3C#N)cc2)(NC(=O)[C@@H]2CCCN2)C(=O)O)cc1. The highest BCUT2D eigenvalue weighted by Gasteiger charge is 2.54. The van der Waals surface area contributed by atoms with Gasteiger partial charge >= 0.3 is 5.97 Å². The molecule has 1 fully saturated rings. The van der Waals surface area contributed by atoms with Crippen LogP contribution in [0.3, 0.4) is 0 Å². The lowest BCUT2D eigenvalue weighted by atomic mass is 9.97. The minimum atomic E-state index is -4.58. The number of aliphatic carboxylic acids is 1. The first-order valence-electron chi connectivity index (χ1n) is 11.9. The van der Waals surface area contributed by atoms with E-state index >= 15 is 0 Å². The second kappa shape index (κ2) is 10.5. The maximum absolute atomic E-state index is 13.9. The quantitative estimate of drug-likeness (QED) is 0.417. The Hall–Kier alpha value is -4.00. The molecule has 1 amide bonds. The highest BCUT2D eigenvalue weighted by Crippen LogP contribution is 2.31. The molecule has 4 rings (SSSR count). The molecule has 1 aliphatic heterocycles. The number of carbonyl (C=O) groups is 2. The molecule has 0 aliphatic carbocycles. The fraction of sp³-hybridized carbons (Fsp3) is 0.250. The van der Waals surface area contributed by atoms with Gasteiger partial charge in [0.15, 0.2) is 0 Å². The number of carbonyl (C=O) groups excluding carboxylic acids is 1. The lowest BCUT2D eigenvalue weighted by molar-refractivity contribution is -0.143. The van der Waals surface area contributed by atoms with E-state index in [0.717, 1.165) is 17.5 Å². The molecular weight excluding hydrogens is 490 g/mol. The Morgan fingerprint density at radius 1 is 1.08 bits per heavy atom. The summed E-state index contributed by atoms with van der Waals surface area (Å²) in [6.07, 6.45) is 0.727. The van der Waals surface area contributed by atoms with Gasteiger partial charge in [-0.05, 0) is 61.2 Å². The van der Waals surface area contributed by atoms with Gasteiger partial charge in [0.25, 0.3) is 0 Å². The van der Waals surface area contributed by atoms with Gasteiger partial charge in [-0.1, -0.05) is 60.2 Å². The van der Waals surface area contributed by atoms with Gasteiger partial charge in [0, 0.05) is 6.42 Å². The van der Waals surface area contributed by atoms with E-state index in [1.807, 2.05) is 0 Å². The van der Waals surface area contributed by atoms with Gasteiger partial charge in [-0.25, -0.2) is 13.2 Å². The van der Waals surface area contributed by atoms with Gasteiger partial charge in [-0.15, -0.1) is 0 Å². The summed E-state index contributed by atoms with van der Waals surface area (Å²) in [5, 5.41) is 25.2. The number of sulfone groups is 1. The van der Waals surface area contributed by atoms with E-state index < -0.39 is 39.0 Å². The van der Waals surface area contributed by atoms with Crippen molar-refractivity contribution in [3.05, 3.63) is 89.5 Å². The Labute approximate surface area is 215 Å². The van der Waals surface area contributed by atoms with Crippen LogP contribution in [0.2, 0.25) is 0 Å². The maximum atomic E-state index is 13.9. The summed E-state index contributed by atoms with van der Waals surface area (Å²) in [6, 6.07) is 21.0. The van der Waals surface area contributed by atoms with E-state index in [9.17, 15) is 28.4 Å². The number of nitriles is 1. The highest BCUT2D eigenvalue weighted by molar-refractivity contribution is 7.93. The first kappa shape index (κ1) is 26.1. The number of nitrogens with one attached hydrogen (secondary N) is 2. The molecule has 3 aromatic rings. The molecule has 3 N–H and O–H groups in total. The topological polar surface area (TPSA) is 136 Å². The number of hydrogen-bond acceptors (Lipinski definition) is 6. The van der Waals surface area contributed by atoms with Crippen molar-refractivity contribution in [1.82, 2.24) is 10.6 Å². The third-order valence-electron chi connectivity index (χ3n) is 6.60. The monoisotopic (exact) mass is 517 g/mol. The molecule has 0 spiro atoms. The van der Waals surface area contributed by atoms with E-state index in [2.05, 4.69) is 16.7 Å².